The van der Waals surface area contributed by atoms with Crippen molar-refractivity contribution in [1.82, 2.24) is 30.2 Å². The number of piperazine rings is 1. The summed E-state index contributed by atoms with van der Waals surface area (Å²) in [7, 11) is 3.21. The van der Waals surface area contributed by atoms with E-state index in [1.54, 1.807) is 26.6 Å². The van der Waals surface area contributed by atoms with Crippen LogP contribution in [0.25, 0.3) is 22.4 Å². The Labute approximate surface area is 197 Å². The van der Waals surface area contributed by atoms with Gasteiger partial charge in [0.25, 0.3) is 0 Å². The molecule has 1 aliphatic heterocycles. The van der Waals surface area contributed by atoms with Crippen molar-refractivity contribution in [2.45, 2.75) is 12.5 Å². The number of benzene rings is 1. The van der Waals surface area contributed by atoms with E-state index in [9.17, 15) is 0 Å². The average Bonchev–Trinajstić information content (AvgIpc) is 2.88. The van der Waals surface area contributed by atoms with E-state index in [2.05, 4.69) is 37.1 Å². The van der Waals surface area contributed by atoms with Crippen LogP contribution in [0.3, 0.4) is 0 Å². The Kier molecular flexibility index (Phi) is 5.58. The van der Waals surface area contributed by atoms with E-state index in [0.717, 1.165) is 17.8 Å². The number of nitrogens with two attached hydrogens (primary N) is 1. The SMILES string of the molecule is COc1ccc(-c2cnc3nc(N)nc(N4CCNCC4(C)c4ccccn4)c3n2)cc1OC. The van der Waals surface area contributed by atoms with Crippen LogP contribution in [0.2, 0.25) is 0 Å². The van der Waals surface area contributed by atoms with Crippen molar-refractivity contribution in [3.63, 3.8) is 0 Å². The third-order valence-corrected chi connectivity index (χ3v) is 6.13. The van der Waals surface area contributed by atoms with Crippen LogP contribution in [-0.4, -0.2) is 58.8 Å². The first-order valence-electron chi connectivity index (χ1n) is 11.0. The Morgan fingerprint density at radius 2 is 1.88 bits per heavy atom. The number of pyridine rings is 1. The summed E-state index contributed by atoms with van der Waals surface area (Å²) in [6.45, 7) is 4.31. The van der Waals surface area contributed by atoms with Crippen LogP contribution in [0.1, 0.15) is 12.6 Å². The first-order valence-corrected chi connectivity index (χ1v) is 11.0. The van der Waals surface area contributed by atoms with Crippen LogP contribution < -0.4 is 25.4 Å². The van der Waals surface area contributed by atoms with E-state index in [4.69, 9.17) is 20.2 Å². The zero-order chi connectivity index (χ0) is 23.7. The second-order valence-corrected chi connectivity index (χ2v) is 8.22. The maximum atomic E-state index is 6.10. The number of aromatic nitrogens is 5. The van der Waals surface area contributed by atoms with E-state index < -0.39 is 5.54 Å². The Bertz CT molecular complexity index is 1330. The third kappa shape index (κ3) is 3.71. The molecule has 4 aromatic rings. The van der Waals surface area contributed by atoms with Crippen LogP contribution in [0.15, 0.2) is 48.8 Å². The Morgan fingerprint density at radius 1 is 1.03 bits per heavy atom. The molecular formula is C24H26N8O2. The molecule has 1 unspecified atom stereocenters. The fraction of sp³-hybridized carbons (Fsp3) is 0.292. The highest BCUT2D eigenvalue weighted by Gasteiger charge is 2.39. The summed E-state index contributed by atoms with van der Waals surface area (Å²) in [5, 5.41) is 3.48. The minimum Gasteiger partial charge on any atom is -0.493 e. The van der Waals surface area contributed by atoms with Crippen LogP contribution in [-0.2, 0) is 5.54 Å². The van der Waals surface area contributed by atoms with E-state index in [-0.39, 0.29) is 5.95 Å². The molecule has 0 aliphatic carbocycles. The monoisotopic (exact) mass is 458 g/mol. The highest BCUT2D eigenvalue weighted by molar-refractivity contribution is 5.86. The molecule has 174 valence electrons. The Morgan fingerprint density at radius 3 is 2.65 bits per heavy atom. The number of hydrogen-bond acceptors (Lipinski definition) is 10. The summed E-state index contributed by atoms with van der Waals surface area (Å²) in [5.74, 6) is 2.04. The van der Waals surface area contributed by atoms with Crippen molar-refractivity contribution in [3.05, 3.63) is 54.5 Å². The average molecular weight is 459 g/mol. The van der Waals surface area contributed by atoms with Crippen LogP contribution in [0, 0.1) is 0 Å². The van der Waals surface area contributed by atoms with E-state index in [1.807, 2.05) is 36.4 Å². The molecule has 5 rings (SSSR count). The lowest BCUT2D eigenvalue weighted by molar-refractivity contribution is 0.351. The molecule has 0 spiro atoms. The van der Waals surface area contributed by atoms with E-state index in [1.165, 1.54) is 0 Å². The summed E-state index contributed by atoms with van der Waals surface area (Å²) < 4.78 is 10.8. The molecule has 0 bridgehead atoms. The third-order valence-electron chi connectivity index (χ3n) is 6.13. The summed E-state index contributed by atoms with van der Waals surface area (Å²) >= 11 is 0. The Hall–Kier alpha value is -4.05. The molecular weight excluding hydrogens is 432 g/mol. The molecule has 0 saturated carbocycles. The van der Waals surface area contributed by atoms with Crippen LogP contribution in [0.4, 0.5) is 11.8 Å². The van der Waals surface area contributed by atoms with Gasteiger partial charge in [0.15, 0.2) is 28.5 Å². The normalized spacial score (nSPS) is 18.1. The topological polar surface area (TPSA) is 124 Å². The van der Waals surface area contributed by atoms with Crippen LogP contribution >= 0.6 is 0 Å². The van der Waals surface area contributed by atoms with Crippen molar-refractivity contribution in [3.8, 4) is 22.8 Å². The van der Waals surface area contributed by atoms with Gasteiger partial charge in [0.1, 0.15) is 0 Å². The molecule has 1 aromatic carbocycles. The van der Waals surface area contributed by atoms with Gasteiger partial charge < -0.3 is 25.4 Å². The molecule has 3 N–H and O–H groups in total. The number of methoxy groups -OCH3 is 2. The number of nitrogens with zero attached hydrogens (tertiary/aromatic N) is 6. The fourth-order valence-corrected chi connectivity index (χ4v) is 4.35. The van der Waals surface area contributed by atoms with Gasteiger partial charge in [-0.1, -0.05) is 6.07 Å². The minimum atomic E-state index is -0.464. The molecule has 34 heavy (non-hydrogen) atoms. The molecule has 0 amide bonds. The number of rotatable bonds is 5. The van der Waals surface area contributed by atoms with Crippen molar-refractivity contribution < 1.29 is 9.47 Å². The van der Waals surface area contributed by atoms with E-state index in [0.29, 0.717) is 47.3 Å². The maximum Gasteiger partial charge on any atom is 0.224 e. The highest BCUT2D eigenvalue weighted by Crippen LogP contribution is 2.36. The van der Waals surface area contributed by atoms with Crippen molar-refractivity contribution in [2.24, 2.45) is 0 Å². The predicted octanol–water partition coefficient (Wildman–Crippen LogP) is 2.41. The second kappa shape index (κ2) is 8.71. The first kappa shape index (κ1) is 21.8. The number of hydrogen-bond donors (Lipinski definition) is 2. The number of ether oxygens (including phenoxy) is 2. The van der Waals surface area contributed by atoms with Crippen molar-refractivity contribution >= 4 is 22.9 Å². The van der Waals surface area contributed by atoms with Gasteiger partial charge in [-0.15, -0.1) is 0 Å². The number of fused-ring (bicyclic) bond motifs is 1. The van der Waals surface area contributed by atoms with Gasteiger partial charge in [-0.2, -0.15) is 9.97 Å². The van der Waals surface area contributed by atoms with Gasteiger partial charge in [-0.3, -0.25) is 4.98 Å². The highest BCUT2D eigenvalue weighted by atomic mass is 16.5. The fourth-order valence-electron chi connectivity index (χ4n) is 4.35. The lowest BCUT2D eigenvalue weighted by Crippen LogP contribution is -2.58. The summed E-state index contributed by atoms with van der Waals surface area (Å²) in [4.78, 5) is 25.3. The molecule has 10 nitrogen and oxygen atoms in total. The first-order chi connectivity index (χ1) is 16.5. The number of nitrogen functional groups attached to an aromatic ring is 1. The Balaban J connectivity index is 1.67. The molecule has 1 atom stereocenters. The maximum absolute atomic E-state index is 6.10. The van der Waals surface area contributed by atoms with Gasteiger partial charge in [0, 0.05) is 31.4 Å². The standard InChI is InChI=1S/C24H26N8O2/c1-24(19-6-4-5-9-27-19)14-26-10-11-32(24)22-20-21(30-23(25)31-22)28-13-16(29-20)15-7-8-17(33-2)18(12-15)34-3/h4-9,12-13,26H,10-11,14H2,1-3H3,(H2,25,28,30,31). The van der Waals surface area contributed by atoms with Gasteiger partial charge in [0.05, 0.1) is 37.3 Å². The molecule has 10 heteroatoms. The largest absolute Gasteiger partial charge is 0.493 e. The molecule has 1 saturated heterocycles. The number of anilines is 2. The smallest absolute Gasteiger partial charge is 0.224 e. The molecule has 1 aliphatic rings. The lowest BCUT2D eigenvalue weighted by atomic mass is 9.92. The van der Waals surface area contributed by atoms with Gasteiger partial charge in [0.2, 0.25) is 5.95 Å². The molecule has 0 radical (unpaired) electrons. The van der Waals surface area contributed by atoms with Gasteiger partial charge >= 0.3 is 0 Å². The van der Waals surface area contributed by atoms with Crippen molar-refractivity contribution in [1.29, 1.82) is 0 Å². The number of nitrogens with one attached hydrogen (secondary N) is 1. The summed E-state index contributed by atoms with van der Waals surface area (Å²) in [5.41, 5.74) is 9.08. The molecule has 1 fully saturated rings. The van der Waals surface area contributed by atoms with Gasteiger partial charge in [-0.05, 0) is 37.3 Å². The second-order valence-electron chi connectivity index (χ2n) is 8.22. The molecule has 4 heterocycles. The predicted molar refractivity (Wildman–Crippen MR) is 130 cm³/mol. The van der Waals surface area contributed by atoms with Crippen molar-refractivity contribution in [2.75, 3.05) is 44.5 Å². The van der Waals surface area contributed by atoms with E-state index >= 15 is 0 Å². The molecule has 3 aromatic heterocycles. The summed E-state index contributed by atoms with van der Waals surface area (Å²) in [6, 6.07) is 11.5. The van der Waals surface area contributed by atoms with Crippen LogP contribution in [0.5, 0.6) is 11.5 Å². The zero-order valence-corrected chi connectivity index (χ0v) is 19.3. The zero-order valence-electron chi connectivity index (χ0n) is 19.3. The minimum absolute atomic E-state index is 0.151. The lowest BCUT2D eigenvalue weighted by Gasteiger charge is -2.45. The quantitative estimate of drug-likeness (QED) is 0.461. The summed E-state index contributed by atoms with van der Waals surface area (Å²) in [6.07, 6.45) is 3.48. The van der Waals surface area contributed by atoms with Gasteiger partial charge in [-0.25, -0.2) is 9.97 Å².